The zero-order valence-electron chi connectivity index (χ0n) is 26.0. The summed E-state index contributed by atoms with van der Waals surface area (Å²) in [6.07, 6.45) is -2.19. The molecule has 2 aromatic heterocycles. The van der Waals surface area contributed by atoms with E-state index in [1.165, 1.54) is 16.2 Å². The molecule has 47 heavy (non-hydrogen) atoms. The van der Waals surface area contributed by atoms with Gasteiger partial charge in [-0.25, -0.2) is 14.6 Å². The average molecular weight is 688 g/mol. The number of nitrogens with zero attached hydrogens (tertiary/aromatic N) is 5. The number of hydrogen-bond donors (Lipinski definition) is 1. The predicted octanol–water partition coefficient (Wildman–Crippen LogP) is 6.44. The molecule has 0 radical (unpaired) electrons. The Morgan fingerprint density at radius 1 is 1.21 bits per heavy atom. The number of halogens is 4. The van der Waals surface area contributed by atoms with Crippen LogP contribution in [0.3, 0.4) is 0 Å². The van der Waals surface area contributed by atoms with Gasteiger partial charge in [-0.1, -0.05) is 11.6 Å². The number of hydrogen-bond acceptors (Lipinski definition) is 9. The van der Waals surface area contributed by atoms with Crippen molar-refractivity contribution in [2.75, 3.05) is 39.8 Å². The third-order valence-corrected chi connectivity index (χ3v) is 10.3. The number of carbonyl (C=O) groups is 1. The van der Waals surface area contributed by atoms with Crippen LogP contribution in [-0.4, -0.2) is 101 Å². The largest absolute Gasteiger partial charge is 0.491 e. The molecule has 0 saturated carbocycles. The van der Waals surface area contributed by atoms with Crippen LogP contribution in [0.1, 0.15) is 42.2 Å². The summed E-state index contributed by atoms with van der Waals surface area (Å²) < 4.78 is 45.4. The second kappa shape index (κ2) is 13.0. The first-order valence-electron chi connectivity index (χ1n) is 15.2. The van der Waals surface area contributed by atoms with Crippen LogP contribution in [0.25, 0.3) is 21.3 Å². The minimum Gasteiger partial charge on any atom is -0.491 e. The van der Waals surface area contributed by atoms with E-state index in [2.05, 4.69) is 15.8 Å². The van der Waals surface area contributed by atoms with Gasteiger partial charge in [-0.15, -0.1) is 11.3 Å². The molecule has 1 fully saturated rings. The predicted molar refractivity (Wildman–Crippen MR) is 175 cm³/mol. The number of pyridine rings is 1. The van der Waals surface area contributed by atoms with Crippen molar-refractivity contribution in [2.45, 2.75) is 51.4 Å². The first-order valence-corrected chi connectivity index (χ1v) is 16.4. The van der Waals surface area contributed by atoms with Crippen molar-refractivity contribution in [1.29, 1.82) is 0 Å². The van der Waals surface area contributed by atoms with Crippen LogP contribution in [-0.2, 0) is 4.79 Å². The zero-order chi connectivity index (χ0) is 33.6. The number of ether oxygens (including phenoxy) is 1. The van der Waals surface area contributed by atoms with E-state index in [1.54, 1.807) is 35.4 Å². The van der Waals surface area contributed by atoms with Crippen LogP contribution in [0.2, 0.25) is 5.02 Å². The molecule has 1 aromatic carbocycles. The lowest BCUT2D eigenvalue weighted by atomic mass is 9.87. The normalized spacial score (nSPS) is 19.1. The third kappa shape index (κ3) is 6.81. The molecule has 1 unspecified atom stereocenters. The van der Waals surface area contributed by atoms with E-state index in [9.17, 15) is 27.9 Å². The summed E-state index contributed by atoms with van der Waals surface area (Å²) in [7, 11) is 1.94. The molecule has 14 heteroatoms. The van der Waals surface area contributed by atoms with Crippen molar-refractivity contribution < 1.29 is 32.6 Å². The fourth-order valence-corrected chi connectivity index (χ4v) is 7.82. The molecule has 1 saturated heterocycles. The molecular formula is C33H33ClF3N5O4S. The highest BCUT2D eigenvalue weighted by atomic mass is 35.5. The molecule has 2 aliphatic heterocycles. The van der Waals surface area contributed by atoms with Gasteiger partial charge in [-0.2, -0.15) is 13.2 Å². The molecule has 0 amide bonds. The number of fused-ring (bicyclic) bond motifs is 1. The Bertz CT molecular complexity index is 1850. The monoisotopic (exact) mass is 687 g/mol. The number of benzene rings is 1. The van der Waals surface area contributed by atoms with E-state index in [1.807, 2.05) is 20.0 Å². The van der Waals surface area contributed by atoms with Crippen LogP contribution in [0.15, 0.2) is 51.6 Å². The van der Waals surface area contributed by atoms with Gasteiger partial charge < -0.3 is 14.7 Å². The van der Waals surface area contributed by atoms with Crippen molar-refractivity contribution in [1.82, 2.24) is 19.7 Å². The maximum Gasteiger partial charge on any atom is 0.401 e. The Balaban J connectivity index is 1.16. The summed E-state index contributed by atoms with van der Waals surface area (Å²) in [6.45, 7) is 3.96. The Labute approximate surface area is 278 Å². The Hall–Kier alpha value is -3.74. The summed E-state index contributed by atoms with van der Waals surface area (Å²) in [5.41, 5.74) is 4.70. The van der Waals surface area contributed by atoms with Gasteiger partial charge >= 0.3 is 12.1 Å². The topological polar surface area (TPSA) is 98.6 Å². The average Bonchev–Trinajstić information content (AvgIpc) is 3.42. The number of amidine groups is 1. The Kier molecular flexibility index (Phi) is 9.21. The minimum atomic E-state index is -4.21. The number of likely N-dealkylation sites (tertiary alicyclic amines) is 1. The number of aromatic nitrogens is 1. The molecule has 6 rings (SSSR count). The van der Waals surface area contributed by atoms with E-state index in [0.717, 1.165) is 23.3 Å². The summed E-state index contributed by atoms with van der Waals surface area (Å²) in [5, 5.41) is 11.7. The molecule has 1 N–H and O–H groups in total. The first-order chi connectivity index (χ1) is 22.3. The van der Waals surface area contributed by atoms with Gasteiger partial charge in [0.05, 0.1) is 28.9 Å². The molecule has 0 bridgehead atoms. The van der Waals surface area contributed by atoms with Gasteiger partial charge in [0, 0.05) is 63.7 Å². The number of aromatic carboxylic acids is 1. The first kappa shape index (κ1) is 33.2. The number of rotatable bonds is 9. The van der Waals surface area contributed by atoms with Gasteiger partial charge in [-0.05, 0) is 64.4 Å². The van der Waals surface area contributed by atoms with Crippen molar-refractivity contribution in [3.63, 3.8) is 0 Å². The van der Waals surface area contributed by atoms with Crippen LogP contribution in [0.5, 0.6) is 5.75 Å². The van der Waals surface area contributed by atoms with Crippen molar-refractivity contribution in [2.24, 2.45) is 4.99 Å². The van der Waals surface area contributed by atoms with Gasteiger partial charge in [0.25, 0.3) is 0 Å². The summed E-state index contributed by atoms with van der Waals surface area (Å²) in [4.78, 5) is 38.9. The number of alkyl halides is 3. The summed E-state index contributed by atoms with van der Waals surface area (Å²) >= 11 is 7.69. The molecule has 4 heterocycles. The second-order valence-corrected chi connectivity index (χ2v) is 13.5. The Morgan fingerprint density at radius 3 is 2.68 bits per heavy atom. The highest BCUT2D eigenvalue weighted by Crippen LogP contribution is 2.41. The van der Waals surface area contributed by atoms with Crippen LogP contribution >= 0.6 is 22.9 Å². The molecule has 9 nitrogen and oxygen atoms in total. The zero-order valence-corrected chi connectivity index (χ0v) is 27.6. The van der Waals surface area contributed by atoms with Crippen molar-refractivity contribution in [3.05, 3.63) is 62.9 Å². The number of aryl methyl sites for hydroxylation is 1. The third-order valence-electron chi connectivity index (χ3n) is 9.02. The summed E-state index contributed by atoms with van der Waals surface area (Å²) in [5.74, 6) is 2.28. The number of likely N-dealkylation sites (N-methyl/N-ethyl adjacent to an activating group) is 1. The van der Waals surface area contributed by atoms with Crippen LogP contribution in [0, 0.1) is 6.92 Å². The number of thiophene rings is 1. The standard InChI is InChI=1S/C33H33ClF3N5O4S/c1-18-10-24(31-30(38-18)26(16-47-31)32(44)45)23-11-20(34)4-7-29(23)46-9-8-42-19(2)39-27-6-5-21(12-25(27)28(42)15-43)40(3)22-13-41(14-22)17-33(35,36)37/h4,7,10-11,16,21-22H,5-6,8-9,12-14,17H2,1-3H3,(H,44,45). The second-order valence-electron chi connectivity index (χ2n) is 12.1. The number of aliphatic imine (C=N–C) groups is 1. The quantitative estimate of drug-likeness (QED) is 0.257. The minimum absolute atomic E-state index is 0.0235. The SMILES string of the molecule is CC1=NC2=C(CC(N(C)C3CN(CC(F)(F)F)C3)CC2)C(=C=O)N1CCOc1ccc(Cl)cc1-c1cc(C)nc2c(C(=O)O)csc12. The highest BCUT2D eigenvalue weighted by Gasteiger charge is 2.41. The highest BCUT2D eigenvalue weighted by molar-refractivity contribution is 7.18. The van der Waals surface area contributed by atoms with E-state index >= 15 is 0 Å². The van der Waals surface area contributed by atoms with Crippen molar-refractivity contribution in [3.8, 4) is 16.9 Å². The maximum atomic E-state index is 12.8. The maximum absolute atomic E-state index is 12.8. The molecule has 1 atom stereocenters. The number of carboxylic acid groups (broad SMARTS) is 1. The van der Waals surface area contributed by atoms with Gasteiger partial charge in [-0.3, -0.25) is 14.8 Å². The molecular weight excluding hydrogens is 655 g/mol. The van der Waals surface area contributed by atoms with Crippen LogP contribution in [0.4, 0.5) is 13.2 Å². The van der Waals surface area contributed by atoms with Crippen LogP contribution < -0.4 is 4.74 Å². The van der Waals surface area contributed by atoms with Gasteiger partial charge in [0.2, 0.25) is 0 Å². The molecule has 1 aliphatic carbocycles. The molecule has 3 aromatic rings. The number of carboxylic acids is 1. The fourth-order valence-electron chi connectivity index (χ4n) is 6.64. The van der Waals surface area contributed by atoms with E-state index in [-0.39, 0.29) is 24.3 Å². The Morgan fingerprint density at radius 2 is 1.98 bits per heavy atom. The van der Waals surface area contributed by atoms with Gasteiger partial charge in [0.1, 0.15) is 23.9 Å². The lowest BCUT2D eigenvalue weighted by molar-refractivity contribution is -0.161. The number of carbonyl (C=O) groups excluding carboxylic acids is 1. The lowest BCUT2D eigenvalue weighted by Gasteiger charge is -2.48. The van der Waals surface area contributed by atoms with E-state index in [0.29, 0.717) is 76.3 Å². The summed E-state index contributed by atoms with van der Waals surface area (Å²) in [6, 6.07) is 7.22. The smallest absolute Gasteiger partial charge is 0.401 e. The van der Waals surface area contributed by atoms with Crippen molar-refractivity contribution >= 4 is 50.9 Å². The lowest BCUT2D eigenvalue weighted by Crippen LogP contribution is -2.62. The molecule has 248 valence electrons. The van der Waals surface area contributed by atoms with E-state index < -0.39 is 18.7 Å². The van der Waals surface area contributed by atoms with E-state index in [4.69, 9.17) is 21.3 Å². The number of allylic oxidation sites excluding steroid dienone is 2. The molecule has 0 spiro atoms. The fraction of sp³-hybridized carbons (Fsp3) is 0.424. The molecule has 3 aliphatic rings. The van der Waals surface area contributed by atoms with Gasteiger partial charge in [0.15, 0.2) is 5.94 Å².